The number of rotatable bonds is 4. The highest BCUT2D eigenvalue weighted by Gasteiger charge is 2.29. The SMILES string of the molecule is CN1CCC(Nc2ccc(Cl)cc2NC(=O)c2ccco2)C1=O. The molecule has 1 saturated heterocycles. The number of amides is 2. The molecule has 0 spiro atoms. The lowest BCUT2D eigenvalue weighted by Crippen LogP contribution is -2.31. The molecule has 0 radical (unpaired) electrons. The van der Waals surface area contributed by atoms with Gasteiger partial charge in [0.25, 0.3) is 5.91 Å². The van der Waals surface area contributed by atoms with E-state index in [0.717, 1.165) is 0 Å². The lowest BCUT2D eigenvalue weighted by Gasteiger charge is -2.17. The van der Waals surface area contributed by atoms with Gasteiger partial charge >= 0.3 is 0 Å². The van der Waals surface area contributed by atoms with Gasteiger partial charge in [0.05, 0.1) is 17.6 Å². The summed E-state index contributed by atoms with van der Waals surface area (Å²) in [5.41, 5.74) is 1.14. The van der Waals surface area contributed by atoms with E-state index < -0.39 is 0 Å². The Balaban J connectivity index is 1.80. The number of carbonyl (C=O) groups excluding carboxylic acids is 2. The molecule has 2 amide bonds. The smallest absolute Gasteiger partial charge is 0.291 e. The van der Waals surface area contributed by atoms with Crippen molar-refractivity contribution in [3.8, 4) is 0 Å². The molecule has 2 heterocycles. The third kappa shape index (κ3) is 3.32. The molecule has 0 aliphatic carbocycles. The molecule has 0 bridgehead atoms. The number of likely N-dealkylation sites (N-methyl/N-ethyl adjacent to an activating group) is 1. The highest BCUT2D eigenvalue weighted by atomic mass is 35.5. The van der Waals surface area contributed by atoms with Gasteiger partial charge in [-0.15, -0.1) is 0 Å². The Kier molecular flexibility index (Phi) is 4.25. The third-order valence-corrected chi connectivity index (χ3v) is 3.97. The maximum Gasteiger partial charge on any atom is 0.291 e. The van der Waals surface area contributed by atoms with E-state index in [9.17, 15) is 9.59 Å². The van der Waals surface area contributed by atoms with Gasteiger partial charge in [-0.25, -0.2) is 0 Å². The van der Waals surface area contributed by atoms with Crippen molar-refractivity contribution in [2.75, 3.05) is 24.2 Å². The number of furan rings is 1. The van der Waals surface area contributed by atoms with Gasteiger partial charge in [0, 0.05) is 18.6 Å². The van der Waals surface area contributed by atoms with Gasteiger partial charge in [-0.05, 0) is 36.8 Å². The predicted octanol–water partition coefficient (Wildman–Crippen LogP) is 2.83. The van der Waals surface area contributed by atoms with Crippen LogP contribution in [0.2, 0.25) is 5.02 Å². The summed E-state index contributed by atoms with van der Waals surface area (Å²) in [6, 6.07) is 7.98. The van der Waals surface area contributed by atoms with Crippen LogP contribution in [0, 0.1) is 0 Å². The highest BCUT2D eigenvalue weighted by molar-refractivity contribution is 6.31. The van der Waals surface area contributed by atoms with E-state index >= 15 is 0 Å². The fourth-order valence-electron chi connectivity index (χ4n) is 2.48. The fraction of sp³-hybridized carbons (Fsp3) is 0.250. The fourth-order valence-corrected chi connectivity index (χ4v) is 2.65. The minimum atomic E-state index is -0.379. The van der Waals surface area contributed by atoms with E-state index in [-0.39, 0.29) is 23.6 Å². The average Bonchev–Trinajstić information content (AvgIpc) is 3.15. The first-order chi connectivity index (χ1) is 11.0. The summed E-state index contributed by atoms with van der Waals surface area (Å²) >= 11 is 6.02. The maximum absolute atomic E-state index is 12.1. The van der Waals surface area contributed by atoms with Crippen LogP contribution in [0.25, 0.3) is 0 Å². The van der Waals surface area contributed by atoms with Crippen molar-refractivity contribution in [3.05, 3.63) is 47.4 Å². The molecule has 120 valence electrons. The van der Waals surface area contributed by atoms with Crippen LogP contribution in [-0.2, 0) is 4.79 Å². The predicted molar refractivity (Wildman–Crippen MR) is 87.8 cm³/mol. The Morgan fingerprint density at radius 3 is 2.83 bits per heavy atom. The number of hydrogen-bond acceptors (Lipinski definition) is 4. The Morgan fingerprint density at radius 2 is 2.17 bits per heavy atom. The molecule has 1 unspecified atom stereocenters. The lowest BCUT2D eigenvalue weighted by atomic mass is 10.2. The number of halogens is 1. The first-order valence-corrected chi connectivity index (χ1v) is 7.58. The molecule has 23 heavy (non-hydrogen) atoms. The molecule has 6 nitrogen and oxygen atoms in total. The van der Waals surface area contributed by atoms with Crippen molar-refractivity contribution < 1.29 is 14.0 Å². The second-order valence-electron chi connectivity index (χ2n) is 5.37. The van der Waals surface area contributed by atoms with Crippen molar-refractivity contribution in [1.29, 1.82) is 0 Å². The lowest BCUT2D eigenvalue weighted by molar-refractivity contribution is -0.127. The summed E-state index contributed by atoms with van der Waals surface area (Å²) in [4.78, 5) is 25.8. The number of benzene rings is 1. The first kappa shape index (κ1) is 15.4. The molecule has 1 aliphatic heterocycles. The van der Waals surface area contributed by atoms with E-state index in [2.05, 4.69) is 10.6 Å². The normalized spacial score (nSPS) is 17.4. The average molecular weight is 334 g/mol. The zero-order valence-electron chi connectivity index (χ0n) is 12.5. The van der Waals surface area contributed by atoms with Crippen LogP contribution in [0.15, 0.2) is 41.0 Å². The Bertz CT molecular complexity index is 730. The Labute approximate surface area is 138 Å². The van der Waals surface area contributed by atoms with Crippen molar-refractivity contribution in [2.45, 2.75) is 12.5 Å². The number of anilines is 2. The first-order valence-electron chi connectivity index (χ1n) is 7.20. The summed E-state index contributed by atoms with van der Waals surface area (Å²) < 4.78 is 5.08. The monoisotopic (exact) mass is 333 g/mol. The van der Waals surface area contributed by atoms with Gasteiger partial charge < -0.3 is 20.0 Å². The Hall–Kier alpha value is -2.47. The standard InChI is InChI=1S/C16H16ClN3O3/c1-20-7-6-12(16(20)22)18-11-5-4-10(17)9-13(11)19-15(21)14-3-2-8-23-14/h2-5,8-9,12,18H,6-7H2,1H3,(H,19,21). The minimum absolute atomic E-state index is 0.0308. The molecule has 1 aromatic heterocycles. The largest absolute Gasteiger partial charge is 0.459 e. The molecule has 2 aromatic rings. The molecular formula is C16H16ClN3O3. The van der Waals surface area contributed by atoms with Crippen LogP contribution in [0.5, 0.6) is 0 Å². The van der Waals surface area contributed by atoms with E-state index in [0.29, 0.717) is 29.4 Å². The van der Waals surface area contributed by atoms with Crippen molar-refractivity contribution in [2.24, 2.45) is 0 Å². The zero-order chi connectivity index (χ0) is 16.4. The van der Waals surface area contributed by atoms with Gasteiger partial charge in [0.15, 0.2) is 5.76 Å². The van der Waals surface area contributed by atoms with E-state index in [1.54, 1.807) is 42.3 Å². The molecule has 3 rings (SSSR count). The van der Waals surface area contributed by atoms with Crippen molar-refractivity contribution >= 4 is 34.8 Å². The van der Waals surface area contributed by atoms with Crippen LogP contribution in [0.1, 0.15) is 17.0 Å². The van der Waals surface area contributed by atoms with Crippen molar-refractivity contribution in [1.82, 2.24) is 4.90 Å². The highest BCUT2D eigenvalue weighted by Crippen LogP contribution is 2.28. The summed E-state index contributed by atoms with van der Waals surface area (Å²) in [6.07, 6.45) is 2.14. The molecule has 1 atom stereocenters. The second kappa shape index (κ2) is 6.34. The molecule has 1 aliphatic rings. The quantitative estimate of drug-likeness (QED) is 0.902. The van der Waals surface area contributed by atoms with Gasteiger partial charge in [0.1, 0.15) is 6.04 Å². The molecule has 2 N–H and O–H groups in total. The van der Waals surface area contributed by atoms with Gasteiger partial charge in [-0.1, -0.05) is 11.6 Å². The summed E-state index contributed by atoms with van der Waals surface area (Å²) in [5.74, 6) is -0.147. The molecular weight excluding hydrogens is 318 g/mol. The summed E-state index contributed by atoms with van der Waals surface area (Å²) in [7, 11) is 1.77. The van der Waals surface area contributed by atoms with Crippen molar-refractivity contribution in [3.63, 3.8) is 0 Å². The Morgan fingerprint density at radius 1 is 1.35 bits per heavy atom. The number of nitrogens with zero attached hydrogens (tertiary/aromatic N) is 1. The second-order valence-corrected chi connectivity index (χ2v) is 5.80. The van der Waals surface area contributed by atoms with Gasteiger partial charge in [0.2, 0.25) is 5.91 Å². The zero-order valence-corrected chi connectivity index (χ0v) is 13.3. The number of hydrogen-bond donors (Lipinski definition) is 2. The third-order valence-electron chi connectivity index (χ3n) is 3.73. The number of carbonyl (C=O) groups is 2. The summed E-state index contributed by atoms with van der Waals surface area (Å²) in [5, 5.41) is 6.41. The van der Waals surface area contributed by atoms with E-state index in [1.807, 2.05) is 0 Å². The molecule has 7 heteroatoms. The van der Waals surface area contributed by atoms with E-state index in [4.69, 9.17) is 16.0 Å². The van der Waals surface area contributed by atoms with Gasteiger partial charge in [-0.2, -0.15) is 0 Å². The molecule has 1 aromatic carbocycles. The molecule has 0 saturated carbocycles. The number of nitrogens with one attached hydrogen (secondary N) is 2. The van der Waals surface area contributed by atoms with Crippen LogP contribution >= 0.6 is 11.6 Å². The van der Waals surface area contributed by atoms with Crippen LogP contribution in [0.4, 0.5) is 11.4 Å². The van der Waals surface area contributed by atoms with Crippen LogP contribution < -0.4 is 10.6 Å². The minimum Gasteiger partial charge on any atom is -0.459 e. The van der Waals surface area contributed by atoms with Crippen LogP contribution in [0.3, 0.4) is 0 Å². The summed E-state index contributed by atoms with van der Waals surface area (Å²) in [6.45, 7) is 0.707. The number of likely N-dealkylation sites (tertiary alicyclic amines) is 1. The van der Waals surface area contributed by atoms with E-state index in [1.165, 1.54) is 6.26 Å². The van der Waals surface area contributed by atoms with Gasteiger partial charge in [-0.3, -0.25) is 9.59 Å². The molecule has 1 fully saturated rings. The van der Waals surface area contributed by atoms with Crippen LogP contribution in [-0.4, -0.2) is 36.3 Å². The topological polar surface area (TPSA) is 74.6 Å². The maximum atomic E-state index is 12.1.